The number of ether oxygens (including phenoxy) is 1. The van der Waals surface area contributed by atoms with E-state index in [0.29, 0.717) is 16.9 Å². The predicted molar refractivity (Wildman–Crippen MR) is 115 cm³/mol. The molecule has 1 saturated heterocycles. The van der Waals surface area contributed by atoms with Gasteiger partial charge in [-0.15, -0.1) is 0 Å². The van der Waals surface area contributed by atoms with Gasteiger partial charge in [0.15, 0.2) is 0 Å². The molecule has 29 heavy (non-hydrogen) atoms. The highest BCUT2D eigenvalue weighted by atomic mass is 16.5. The summed E-state index contributed by atoms with van der Waals surface area (Å²) in [7, 11) is 3.75. The molecule has 7 heteroatoms. The number of pyridine rings is 2. The van der Waals surface area contributed by atoms with Gasteiger partial charge < -0.3 is 19.9 Å². The van der Waals surface area contributed by atoms with Crippen LogP contribution in [0.15, 0.2) is 42.6 Å². The number of rotatable bonds is 4. The van der Waals surface area contributed by atoms with Crippen LogP contribution in [0, 0.1) is 6.92 Å². The molecule has 0 bridgehead atoms. The van der Waals surface area contributed by atoms with Gasteiger partial charge in [0, 0.05) is 37.6 Å². The van der Waals surface area contributed by atoms with Gasteiger partial charge in [0.1, 0.15) is 11.6 Å². The molecule has 0 atom stereocenters. The molecular weight excluding hydrogens is 366 g/mol. The van der Waals surface area contributed by atoms with Crippen LogP contribution in [0.1, 0.15) is 16.1 Å². The zero-order chi connectivity index (χ0) is 20.4. The smallest absolute Gasteiger partial charge is 0.257 e. The zero-order valence-electron chi connectivity index (χ0n) is 17.0. The van der Waals surface area contributed by atoms with Crippen LogP contribution in [0.4, 0.5) is 11.5 Å². The number of benzene rings is 1. The van der Waals surface area contributed by atoms with E-state index in [1.54, 1.807) is 13.3 Å². The Balaban J connectivity index is 1.49. The molecule has 1 aliphatic rings. The number of aryl methyl sites for hydroxylation is 1. The Labute approximate surface area is 170 Å². The number of carbonyl (C=O) groups excluding carboxylic acids is 1. The molecule has 0 radical (unpaired) electrons. The first-order valence-corrected chi connectivity index (χ1v) is 9.70. The molecule has 3 heterocycles. The highest BCUT2D eigenvalue weighted by molar-refractivity contribution is 6.06. The Morgan fingerprint density at radius 2 is 1.90 bits per heavy atom. The number of amides is 1. The lowest BCUT2D eigenvalue weighted by Crippen LogP contribution is -2.44. The van der Waals surface area contributed by atoms with Crippen LogP contribution in [0.2, 0.25) is 0 Å². The third-order valence-corrected chi connectivity index (χ3v) is 5.29. The molecule has 2 aromatic heterocycles. The van der Waals surface area contributed by atoms with Crippen LogP contribution in [-0.4, -0.2) is 61.1 Å². The number of carbonyl (C=O) groups is 1. The molecule has 0 unspecified atom stereocenters. The number of methoxy groups -OCH3 is 1. The first-order valence-electron chi connectivity index (χ1n) is 9.70. The van der Waals surface area contributed by atoms with E-state index in [0.717, 1.165) is 48.6 Å². The summed E-state index contributed by atoms with van der Waals surface area (Å²) in [4.78, 5) is 26.5. The van der Waals surface area contributed by atoms with E-state index >= 15 is 0 Å². The summed E-state index contributed by atoms with van der Waals surface area (Å²) >= 11 is 0. The fraction of sp³-hybridized carbons (Fsp3) is 0.318. The number of piperazine rings is 1. The van der Waals surface area contributed by atoms with Crippen molar-refractivity contribution in [1.82, 2.24) is 14.9 Å². The van der Waals surface area contributed by atoms with Crippen LogP contribution in [0.5, 0.6) is 5.75 Å². The molecular formula is C22H25N5O2. The quantitative estimate of drug-likeness (QED) is 0.737. The Kier molecular flexibility index (Phi) is 5.31. The molecule has 1 amide bonds. The van der Waals surface area contributed by atoms with Crippen LogP contribution >= 0.6 is 0 Å². The number of nitrogens with one attached hydrogen (secondary N) is 1. The summed E-state index contributed by atoms with van der Waals surface area (Å²) in [6, 6.07) is 11.3. The van der Waals surface area contributed by atoms with E-state index in [-0.39, 0.29) is 5.91 Å². The summed E-state index contributed by atoms with van der Waals surface area (Å²) in [6.07, 6.45) is 1.71. The lowest BCUT2D eigenvalue weighted by molar-refractivity contribution is 0.102. The maximum Gasteiger partial charge on any atom is 0.257 e. The Morgan fingerprint density at radius 3 is 2.59 bits per heavy atom. The van der Waals surface area contributed by atoms with Crippen molar-refractivity contribution in [2.45, 2.75) is 6.92 Å². The van der Waals surface area contributed by atoms with Crippen LogP contribution < -0.4 is 15.0 Å². The minimum atomic E-state index is -0.193. The number of fused-ring (bicyclic) bond motifs is 1. The largest absolute Gasteiger partial charge is 0.497 e. The summed E-state index contributed by atoms with van der Waals surface area (Å²) in [5.41, 5.74) is 2.69. The number of anilines is 2. The number of likely N-dealkylation sites (N-methyl/N-ethyl adjacent to an activating group) is 1. The topological polar surface area (TPSA) is 70.6 Å². The monoisotopic (exact) mass is 391 g/mol. The minimum absolute atomic E-state index is 0.193. The van der Waals surface area contributed by atoms with Gasteiger partial charge in [-0.2, -0.15) is 0 Å². The third kappa shape index (κ3) is 4.14. The van der Waals surface area contributed by atoms with Gasteiger partial charge in [0.05, 0.1) is 35.8 Å². The summed E-state index contributed by atoms with van der Waals surface area (Å²) in [5.74, 6) is 1.49. The van der Waals surface area contributed by atoms with E-state index in [2.05, 4.69) is 32.1 Å². The van der Waals surface area contributed by atoms with Gasteiger partial charge >= 0.3 is 0 Å². The molecule has 1 N–H and O–H groups in total. The van der Waals surface area contributed by atoms with Gasteiger partial charge in [-0.05, 0) is 44.3 Å². The van der Waals surface area contributed by atoms with Crippen molar-refractivity contribution in [3.63, 3.8) is 0 Å². The maximum atomic E-state index is 12.8. The second kappa shape index (κ2) is 8.05. The minimum Gasteiger partial charge on any atom is -0.497 e. The molecule has 7 nitrogen and oxygen atoms in total. The molecule has 1 aliphatic heterocycles. The van der Waals surface area contributed by atoms with Gasteiger partial charge in [-0.1, -0.05) is 0 Å². The average Bonchev–Trinajstić information content (AvgIpc) is 2.74. The molecule has 3 aromatic rings. The molecule has 0 aliphatic carbocycles. The molecule has 0 spiro atoms. The Morgan fingerprint density at radius 1 is 1.10 bits per heavy atom. The number of aromatic nitrogens is 2. The van der Waals surface area contributed by atoms with Crippen molar-refractivity contribution in [2.24, 2.45) is 0 Å². The van der Waals surface area contributed by atoms with Crippen LogP contribution in [0.25, 0.3) is 10.9 Å². The van der Waals surface area contributed by atoms with Crippen molar-refractivity contribution in [3.05, 3.63) is 53.9 Å². The average molecular weight is 391 g/mol. The third-order valence-electron chi connectivity index (χ3n) is 5.29. The normalized spacial score (nSPS) is 14.8. The first-order chi connectivity index (χ1) is 14.0. The summed E-state index contributed by atoms with van der Waals surface area (Å²) in [5, 5.41) is 3.82. The van der Waals surface area contributed by atoms with Crippen LogP contribution in [-0.2, 0) is 0 Å². The van der Waals surface area contributed by atoms with Gasteiger partial charge in [0.25, 0.3) is 5.91 Å². The summed E-state index contributed by atoms with van der Waals surface area (Å²) in [6.45, 7) is 5.81. The molecule has 4 rings (SSSR count). The first kappa shape index (κ1) is 19.1. The highest BCUT2D eigenvalue weighted by Gasteiger charge is 2.16. The predicted octanol–water partition coefficient (Wildman–Crippen LogP) is 2.95. The van der Waals surface area contributed by atoms with Crippen molar-refractivity contribution in [3.8, 4) is 5.75 Å². The van der Waals surface area contributed by atoms with E-state index in [1.807, 2.05) is 43.3 Å². The van der Waals surface area contributed by atoms with E-state index in [9.17, 15) is 4.79 Å². The number of nitrogens with zero attached hydrogens (tertiary/aromatic N) is 4. The Bertz CT molecular complexity index is 1030. The van der Waals surface area contributed by atoms with Crippen molar-refractivity contribution < 1.29 is 9.53 Å². The van der Waals surface area contributed by atoms with E-state index in [1.165, 1.54) is 0 Å². The Hall–Kier alpha value is -3.19. The highest BCUT2D eigenvalue weighted by Crippen LogP contribution is 2.23. The molecule has 150 valence electrons. The van der Waals surface area contributed by atoms with Crippen molar-refractivity contribution in [2.75, 3.05) is 50.6 Å². The molecule has 1 aromatic carbocycles. The lowest BCUT2D eigenvalue weighted by atomic mass is 10.1. The van der Waals surface area contributed by atoms with Gasteiger partial charge in [0.2, 0.25) is 0 Å². The number of hydrogen-bond donors (Lipinski definition) is 1. The SMILES string of the molecule is COc1ccc2cc(C(=O)Nc3ccc(N4CCN(C)CC4)nc3)c(C)nc2c1. The van der Waals surface area contributed by atoms with Crippen molar-refractivity contribution >= 4 is 28.3 Å². The fourth-order valence-corrected chi connectivity index (χ4v) is 3.48. The van der Waals surface area contributed by atoms with Crippen LogP contribution in [0.3, 0.4) is 0 Å². The zero-order valence-corrected chi connectivity index (χ0v) is 17.0. The molecule has 1 fully saturated rings. The maximum absolute atomic E-state index is 12.8. The molecule has 0 saturated carbocycles. The number of hydrogen-bond acceptors (Lipinski definition) is 6. The second-order valence-corrected chi connectivity index (χ2v) is 7.33. The lowest BCUT2D eigenvalue weighted by Gasteiger charge is -2.33. The summed E-state index contributed by atoms with van der Waals surface area (Å²) < 4.78 is 5.25. The van der Waals surface area contributed by atoms with Crippen molar-refractivity contribution in [1.29, 1.82) is 0 Å². The fourth-order valence-electron chi connectivity index (χ4n) is 3.48. The van der Waals surface area contributed by atoms with Gasteiger partial charge in [-0.3, -0.25) is 9.78 Å². The van der Waals surface area contributed by atoms with Gasteiger partial charge in [-0.25, -0.2) is 4.98 Å². The second-order valence-electron chi connectivity index (χ2n) is 7.33. The van der Waals surface area contributed by atoms with E-state index in [4.69, 9.17) is 4.74 Å². The standard InChI is InChI=1S/C22H25N5O2/c1-15-19(12-16-4-6-18(29-3)13-20(16)24-15)22(28)25-17-5-7-21(23-14-17)27-10-8-26(2)9-11-27/h4-7,12-14H,8-11H2,1-3H3,(H,25,28). The van der Waals surface area contributed by atoms with E-state index < -0.39 is 0 Å².